The van der Waals surface area contributed by atoms with Crippen molar-refractivity contribution in [2.45, 2.75) is 116 Å². The summed E-state index contributed by atoms with van der Waals surface area (Å²) in [4.78, 5) is 3.21. The Morgan fingerprint density at radius 3 is 1.87 bits per heavy atom. The van der Waals surface area contributed by atoms with Gasteiger partial charge in [0, 0.05) is 5.92 Å². The van der Waals surface area contributed by atoms with Crippen molar-refractivity contribution >= 4 is 0 Å². The maximum absolute atomic E-state index is 3.21. The van der Waals surface area contributed by atoms with Gasteiger partial charge >= 0.3 is 0 Å². The number of unbranched alkanes of at least 4 members (excludes halogenated alkanes) is 12. The van der Waals surface area contributed by atoms with Gasteiger partial charge in [0.25, 0.3) is 0 Å². The lowest BCUT2D eigenvalue weighted by molar-refractivity contribution is -0.725. The van der Waals surface area contributed by atoms with Gasteiger partial charge in [0.2, 0.25) is 6.33 Å². The van der Waals surface area contributed by atoms with E-state index < -0.39 is 0 Å². The van der Waals surface area contributed by atoms with Gasteiger partial charge in [0.15, 0.2) is 0 Å². The second kappa shape index (κ2) is 16.2. The van der Waals surface area contributed by atoms with E-state index in [4.69, 9.17) is 0 Å². The Kier molecular flexibility index (Phi) is 13.3. The molecule has 1 heterocycles. The fourth-order valence-electron chi connectivity index (χ4n) is 4.65. The molecule has 0 aliphatic heterocycles. The van der Waals surface area contributed by atoms with Gasteiger partial charge < -0.3 is 0 Å². The lowest BCUT2D eigenvalue weighted by Gasteiger charge is -2.22. The first-order valence-electron chi connectivity index (χ1n) is 12.9. The summed E-state index contributed by atoms with van der Waals surface area (Å²) >= 11 is 0. The Bertz CT molecular complexity index is 605. The molecule has 0 saturated carbocycles. The van der Waals surface area contributed by atoms with Gasteiger partial charge in [-0.1, -0.05) is 121 Å². The molecule has 1 aromatic heterocycles. The van der Waals surface area contributed by atoms with Gasteiger partial charge in [0.05, 0.1) is 0 Å². The molecule has 2 aromatic rings. The number of rotatable bonds is 18. The zero-order valence-corrected chi connectivity index (χ0v) is 19.8. The predicted octanol–water partition coefficient (Wildman–Crippen LogP) is 8.20. The number of aromatic nitrogens is 2. The van der Waals surface area contributed by atoms with Gasteiger partial charge in [-0.05, 0) is 25.3 Å². The quantitative estimate of drug-likeness (QED) is 0.188. The molecule has 1 N–H and O–H groups in total. The van der Waals surface area contributed by atoms with Crippen LogP contribution >= 0.6 is 0 Å². The van der Waals surface area contributed by atoms with Gasteiger partial charge in [-0.2, -0.15) is 0 Å². The molecule has 0 spiro atoms. The van der Waals surface area contributed by atoms with Crippen LogP contribution in [0.25, 0.3) is 0 Å². The number of H-pyrrole nitrogens is 1. The maximum atomic E-state index is 3.21. The number of imidazole rings is 1. The van der Waals surface area contributed by atoms with Gasteiger partial charge in [-0.15, -0.1) is 0 Å². The first-order valence-corrected chi connectivity index (χ1v) is 12.9. The minimum atomic E-state index is 0.536. The minimum Gasteiger partial charge on any atom is -0.250 e. The van der Waals surface area contributed by atoms with Crippen LogP contribution in [-0.4, -0.2) is 4.98 Å². The molecule has 0 aliphatic rings. The molecule has 2 unspecified atom stereocenters. The summed E-state index contributed by atoms with van der Waals surface area (Å²) in [6, 6.07) is 11.6. The number of nitrogens with one attached hydrogen (secondary N) is 1. The zero-order valence-electron chi connectivity index (χ0n) is 19.8. The van der Waals surface area contributed by atoms with E-state index in [9.17, 15) is 0 Å². The standard InChI is InChI=1S/C28H46N2/c1-3-4-5-6-7-8-9-10-11-12-13-14-18-21-28(24-27-19-16-15-17-20-27)26(2)30-23-22-29-25-30/h15-17,19-20,22-23,25-26,28H,3-14,18,21,24H2,1-2H3/p+1. The monoisotopic (exact) mass is 411 g/mol. The summed E-state index contributed by atoms with van der Waals surface area (Å²) in [6.07, 6.45) is 27.4. The molecule has 1 aromatic carbocycles. The zero-order chi connectivity index (χ0) is 21.3. The van der Waals surface area contributed by atoms with E-state index in [-0.39, 0.29) is 0 Å². The number of hydrogen-bond acceptors (Lipinski definition) is 0. The molecular weight excluding hydrogens is 364 g/mol. The van der Waals surface area contributed by atoms with Crippen LogP contribution < -0.4 is 4.57 Å². The van der Waals surface area contributed by atoms with Crippen molar-refractivity contribution in [3.63, 3.8) is 0 Å². The van der Waals surface area contributed by atoms with Crippen molar-refractivity contribution in [2.24, 2.45) is 5.92 Å². The van der Waals surface area contributed by atoms with E-state index in [1.165, 1.54) is 102 Å². The second-order valence-electron chi connectivity index (χ2n) is 9.28. The van der Waals surface area contributed by atoms with E-state index in [2.05, 4.69) is 66.3 Å². The molecule has 2 heteroatoms. The highest BCUT2D eigenvalue weighted by Gasteiger charge is 2.22. The van der Waals surface area contributed by atoms with Crippen LogP contribution in [0.3, 0.4) is 0 Å². The molecule has 2 atom stereocenters. The molecule has 2 rings (SSSR count). The first kappa shape index (κ1) is 24.7. The summed E-state index contributed by atoms with van der Waals surface area (Å²) < 4.78 is 2.34. The molecule has 0 amide bonds. The van der Waals surface area contributed by atoms with Crippen LogP contribution in [0.4, 0.5) is 0 Å². The van der Waals surface area contributed by atoms with Crippen LogP contribution in [0.5, 0.6) is 0 Å². The fourth-order valence-corrected chi connectivity index (χ4v) is 4.65. The Labute approximate surface area is 186 Å². The maximum Gasteiger partial charge on any atom is 0.241 e. The van der Waals surface area contributed by atoms with E-state index in [0.29, 0.717) is 12.0 Å². The number of hydrogen-bond donors (Lipinski definition) is 1. The predicted molar refractivity (Wildman–Crippen MR) is 130 cm³/mol. The average molecular weight is 412 g/mol. The smallest absolute Gasteiger partial charge is 0.241 e. The van der Waals surface area contributed by atoms with Crippen LogP contribution in [0.2, 0.25) is 0 Å². The Balaban J connectivity index is 1.58. The minimum absolute atomic E-state index is 0.536. The molecule has 168 valence electrons. The van der Waals surface area contributed by atoms with E-state index in [1.807, 2.05) is 6.20 Å². The third-order valence-electron chi connectivity index (χ3n) is 6.74. The number of nitrogens with zero attached hydrogens (tertiary/aromatic N) is 1. The highest BCUT2D eigenvalue weighted by molar-refractivity contribution is 5.15. The molecule has 0 radical (unpaired) electrons. The highest BCUT2D eigenvalue weighted by atomic mass is 15.0. The lowest BCUT2D eigenvalue weighted by Crippen LogP contribution is -2.40. The Morgan fingerprint density at radius 2 is 1.33 bits per heavy atom. The van der Waals surface area contributed by atoms with Crippen LogP contribution in [0.1, 0.15) is 115 Å². The third-order valence-corrected chi connectivity index (χ3v) is 6.74. The first-order chi connectivity index (χ1) is 14.8. The van der Waals surface area contributed by atoms with Gasteiger partial charge in [-0.25, -0.2) is 4.57 Å². The van der Waals surface area contributed by atoms with Crippen LogP contribution in [0, 0.1) is 5.92 Å². The van der Waals surface area contributed by atoms with Crippen molar-refractivity contribution in [1.29, 1.82) is 0 Å². The molecule has 30 heavy (non-hydrogen) atoms. The summed E-state index contributed by atoms with van der Waals surface area (Å²) in [6.45, 7) is 4.68. The van der Waals surface area contributed by atoms with E-state index in [1.54, 1.807) is 0 Å². The SMILES string of the molecule is CCCCCCCCCCCCCCCC(Cc1ccccc1)C(C)[n+]1cc[nH]c1. The van der Waals surface area contributed by atoms with Crippen molar-refractivity contribution in [2.75, 3.05) is 0 Å². The second-order valence-corrected chi connectivity index (χ2v) is 9.28. The number of benzene rings is 1. The highest BCUT2D eigenvalue weighted by Crippen LogP contribution is 2.24. The summed E-state index contributed by atoms with van der Waals surface area (Å²) in [5.74, 6) is 0.695. The van der Waals surface area contributed by atoms with Crippen molar-refractivity contribution in [1.82, 2.24) is 4.98 Å². The Morgan fingerprint density at radius 1 is 0.767 bits per heavy atom. The summed E-state index contributed by atoms with van der Waals surface area (Å²) in [5.41, 5.74) is 1.47. The fraction of sp³-hybridized carbons (Fsp3) is 0.679. The Hall–Kier alpha value is -1.57. The molecule has 2 nitrogen and oxygen atoms in total. The largest absolute Gasteiger partial charge is 0.250 e. The molecular formula is C28H47N2+. The van der Waals surface area contributed by atoms with Crippen molar-refractivity contribution in [3.8, 4) is 0 Å². The van der Waals surface area contributed by atoms with Crippen LogP contribution in [0.15, 0.2) is 49.1 Å². The van der Waals surface area contributed by atoms with Crippen LogP contribution in [-0.2, 0) is 6.42 Å². The van der Waals surface area contributed by atoms with E-state index >= 15 is 0 Å². The number of aromatic amines is 1. The normalized spacial score (nSPS) is 13.4. The average Bonchev–Trinajstić information content (AvgIpc) is 3.31. The summed E-state index contributed by atoms with van der Waals surface area (Å²) in [5, 5.41) is 0. The summed E-state index contributed by atoms with van der Waals surface area (Å²) in [7, 11) is 0. The molecule has 0 fully saturated rings. The topological polar surface area (TPSA) is 19.7 Å². The van der Waals surface area contributed by atoms with E-state index in [0.717, 1.165) is 0 Å². The van der Waals surface area contributed by atoms with Gasteiger partial charge in [0.1, 0.15) is 18.4 Å². The lowest BCUT2D eigenvalue weighted by atomic mass is 9.88. The molecule has 0 saturated heterocycles. The third kappa shape index (κ3) is 10.5. The molecule has 0 bridgehead atoms. The van der Waals surface area contributed by atoms with Crippen molar-refractivity contribution < 1.29 is 4.57 Å². The van der Waals surface area contributed by atoms with Crippen molar-refractivity contribution in [3.05, 3.63) is 54.6 Å². The van der Waals surface area contributed by atoms with Gasteiger partial charge in [-0.3, -0.25) is 4.98 Å². The molecule has 0 aliphatic carbocycles.